The molecule has 0 spiro atoms. The van der Waals surface area contributed by atoms with E-state index in [1.807, 2.05) is 50.2 Å². The summed E-state index contributed by atoms with van der Waals surface area (Å²) in [6.45, 7) is 1.88. The quantitative estimate of drug-likeness (QED) is 0.660. The number of anilines is 1. The Morgan fingerprint density at radius 2 is 1.92 bits per heavy atom. The summed E-state index contributed by atoms with van der Waals surface area (Å²) in [6.07, 6.45) is 0.560. The van der Waals surface area contributed by atoms with Gasteiger partial charge >= 0.3 is 0 Å². The molecule has 0 atom stereocenters. The Labute approximate surface area is 79.2 Å². The number of rotatable bonds is 3. The molecule has 0 aromatic heterocycles. The van der Waals surface area contributed by atoms with E-state index in [0.29, 0.717) is 6.42 Å². The average Bonchev–Trinajstić information content (AvgIpc) is 2.16. The number of carbonyl (C=O) groups excluding carboxylic acids is 1. The third-order valence-corrected chi connectivity index (χ3v) is 2.01. The van der Waals surface area contributed by atoms with E-state index in [2.05, 4.69) is 0 Å². The first kappa shape index (κ1) is 9.78. The lowest BCUT2D eigenvalue weighted by Gasteiger charge is -2.15. The van der Waals surface area contributed by atoms with Gasteiger partial charge in [0.1, 0.15) is 0 Å². The Morgan fingerprint density at radius 3 is 2.46 bits per heavy atom. The molecular weight excluding hydrogens is 162 g/mol. The summed E-state index contributed by atoms with van der Waals surface area (Å²) in [5, 5.41) is 0. The van der Waals surface area contributed by atoms with Crippen LogP contribution in [0.1, 0.15) is 23.7 Å². The summed E-state index contributed by atoms with van der Waals surface area (Å²) >= 11 is 0. The van der Waals surface area contributed by atoms with Gasteiger partial charge in [0.15, 0.2) is 5.78 Å². The highest BCUT2D eigenvalue weighted by Gasteiger charge is 2.09. The van der Waals surface area contributed by atoms with Crippen LogP contribution in [0.15, 0.2) is 24.3 Å². The smallest absolute Gasteiger partial charge is 0.164 e. The second kappa shape index (κ2) is 4.08. The molecule has 0 saturated heterocycles. The van der Waals surface area contributed by atoms with E-state index in [0.717, 1.165) is 11.3 Å². The van der Waals surface area contributed by atoms with Crippen molar-refractivity contribution in [2.24, 2.45) is 0 Å². The maximum Gasteiger partial charge on any atom is 0.164 e. The van der Waals surface area contributed by atoms with Crippen LogP contribution in [-0.2, 0) is 0 Å². The fraction of sp³-hybridized carbons (Fsp3) is 0.364. The molecule has 0 N–H and O–H groups in total. The second-order valence-corrected chi connectivity index (χ2v) is 3.19. The molecule has 0 saturated carbocycles. The Bertz CT molecular complexity index is 305. The van der Waals surface area contributed by atoms with Gasteiger partial charge in [-0.2, -0.15) is 0 Å². The highest BCUT2D eigenvalue weighted by Crippen LogP contribution is 2.19. The molecule has 0 aliphatic heterocycles. The molecule has 0 fully saturated rings. The minimum atomic E-state index is 0.198. The molecule has 13 heavy (non-hydrogen) atoms. The molecule has 0 radical (unpaired) electrons. The number of hydrogen-bond donors (Lipinski definition) is 0. The lowest BCUT2D eigenvalue weighted by Crippen LogP contribution is -2.13. The normalized spacial score (nSPS) is 9.77. The standard InChI is InChI=1S/C11H15NO/c1-4-11(13)9-7-5-6-8-10(9)12(2)3/h5-8H,4H2,1-3H3. The molecular formula is C11H15NO. The monoisotopic (exact) mass is 177 g/mol. The van der Waals surface area contributed by atoms with Gasteiger partial charge in [0, 0.05) is 31.8 Å². The summed E-state index contributed by atoms with van der Waals surface area (Å²) in [5.74, 6) is 0.198. The van der Waals surface area contributed by atoms with Crippen molar-refractivity contribution < 1.29 is 4.79 Å². The molecule has 1 aromatic carbocycles. The molecule has 70 valence electrons. The Kier molecular flexibility index (Phi) is 3.07. The molecule has 0 bridgehead atoms. The lowest BCUT2D eigenvalue weighted by atomic mass is 10.1. The van der Waals surface area contributed by atoms with Crippen molar-refractivity contribution in [3.8, 4) is 0 Å². The molecule has 1 rings (SSSR count). The maximum absolute atomic E-state index is 11.5. The fourth-order valence-electron chi connectivity index (χ4n) is 1.29. The summed E-state index contributed by atoms with van der Waals surface area (Å²) in [7, 11) is 3.89. The number of nitrogens with zero attached hydrogens (tertiary/aromatic N) is 1. The van der Waals surface area contributed by atoms with Crippen LogP contribution < -0.4 is 4.90 Å². The summed E-state index contributed by atoms with van der Waals surface area (Å²) in [4.78, 5) is 13.5. The van der Waals surface area contributed by atoms with Gasteiger partial charge in [-0.3, -0.25) is 4.79 Å². The number of Topliss-reactive ketones (excluding diaryl/α,β-unsaturated/α-hetero) is 1. The SMILES string of the molecule is CCC(=O)c1ccccc1N(C)C. The molecule has 0 aliphatic carbocycles. The van der Waals surface area contributed by atoms with E-state index in [1.54, 1.807) is 0 Å². The van der Waals surface area contributed by atoms with Crippen molar-refractivity contribution in [2.75, 3.05) is 19.0 Å². The first-order valence-electron chi connectivity index (χ1n) is 4.46. The minimum absolute atomic E-state index is 0.198. The van der Waals surface area contributed by atoms with E-state index >= 15 is 0 Å². The minimum Gasteiger partial charge on any atom is -0.377 e. The van der Waals surface area contributed by atoms with Crippen LogP contribution >= 0.6 is 0 Å². The molecule has 0 amide bonds. The van der Waals surface area contributed by atoms with E-state index in [4.69, 9.17) is 0 Å². The zero-order valence-corrected chi connectivity index (χ0v) is 8.37. The zero-order valence-electron chi connectivity index (χ0n) is 8.37. The van der Waals surface area contributed by atoms with Crippen LogP contribution in [0.5, 0.6) is 0 Å². The second-order valence-electron chi connectivity index (χ2n) is 3.19. The van der Waals surface area contributed by atoms with Crippen LogP contribution in [0.25, 0.3) is 0 Å². The van der Waals surface area contributed by atoms with Gasteiger partial charge in [-0.1, -0.05) is 19.1 Å². The first-order valence-corrected chi connectivity index (χ1v) is 4.46. The van der Waals surface area contributed by atoms with E-state index in [9.17, 15) is 4.79 Å². The van der Waals surface area contributed by atoms with Crippen molar-refractivity contribution in [1.82, 2.24) is 0 Å². The lowest BCUT2D eigenvalue weighted by molar-refractivity contribution is 0.0988. The van der Waals surface area contributed by atoms with Gasteiger partial charge in [0.05, 0.1) is 0 Å². The Morgan fingerprint density at radius 1 is 1.31 bits per heavy atom. The van der Waals surface area contributed by atoms with Crippen LogP contribution in [0.2, 0.25) is 0 Å². The van der Waals surface area contributed by atoms with Gasteiger partial charge in [-0.05, 0) is 12.1 Å². The number of para-hydroxylation sites is 1. The van der Waals surface area contributed by atoms with Crippen LogP contribution in [0, 0.1) is 0 Å². The molecule has 0 aliphatic rings. The van der Waals surface area contributed by atoms with E-state index < -0.39 is 0 Å². The molecule has 0 heterocycles. The van der Waals surface area contributed by atoms with E-state index in [-0.39, 0.29) is 5.78 Å². The summed E-state index contributed by atoms with van der Waals surface area (Å²) < 4.78 is 0. The van der Waals surface area contributed by atoms with Crippen LogP contribution in [0.3, 0.4) is 0 Å². The van der Waals surface area contributed by atoms with Crippen molar-refractivity contribution >= 4 is 11.5 Å². The summed E-state index contributed by atoms with van der Waals surface area (Å²) in [6, 6.07) is 7.68. The maximum atomic E-state index is 11.5. The topological polar surface area (TPSA) is 20.3 Å². The van der Waals surface area contributed by atoms with Gasteiger partial charge < -0.3 is 4.90 Å². The zero-order chi connectivity index (χ0) is 9.84. The van der Waals surface area contributed by atoms with Crippen LogP contribution in [0.4, 0.5) is 5.69 Å². The largest absolute Gasteiger partial charge is 0.377 e. The molecule has 2 nitrogen and oxygen atoms in total. The van der Waals surface area contributed by atoms with Crippen LogP contribution in [-0.4, -0.2) is 19.9 Å². The van der Waals surface area contributed by atoms with Gasteiger partial charge in [-0.25, -0.2) is 0 Å². The number of carbonyl (C=O) groups is 1. The van der Waals surface area contributed by atoms with Gasteiger partial charge in [-0.15, -0.1) is 0 Å². The molecule has 2 heteroatoms. The Balaban J connectivity index is 3.12. The van der Waals surface area contributed by atoms with Gasteiger partial charge in [0.2, 0.25) is 0 Å². The third-order valence-electron chi connectivity index (χ3n) is 2.01. The van der Waals surface area contributed by atoms with Crippen molar-refractivity contribution in [2.45, 2.75) is 13.3 Å². The highest BCUT2D eigenvalue weighted by atomic mass is 16.1. The Hall–Kier alpha value is -1.31. The fourth-order valence-corrected chi connectivity index (χ4v) is 1.29. The molecule has 0 unspecified atom stereocenters. The number of ketones is 1. The average molecular weight is 177 g/mol. The predicted molar refractivity (Wildman–Crippen MR) is 55.4 cm³/mol. The first-order chi connectivity index (χ1) is 6.16. The number of hydrogen-bond acceptors (Lipinski definition) is 2. The highest BCUT2D eigenvalue weighted by molar-refractivity contribution is 6.01. The van der Waals surface area contributed by atoms with Crippen molar-refractivity contribution in [3.63, 3.8) is 0 Å². The predicted octanol–water partition coefficient (Wildman–Crippen LogP) is 2.35. The summed E-state index contributed by atoms with van der Waals surface area (Å²) in [5.41, 5.74) is 1.81. The third kappa shape index (κ3) is 2.08. The van der Waals surface area contributed by atoms with Crippen molar-refractivity contribution in [3.05, 3.63) is 29.8 Å². The molecule has 1 aromatic rings. The van der Waals surface area contributed by atoms with E-state index in [1.165, 1.54) is 0 Å². The van der Waals surface area contributed by atoms with Gasteiger partial charge in [0.25, 0.3) is 0 Å². The number of benzene rings is 1. The van der Waals surface area contributed by atoms with Crippen molar-refractivity contribution in [1.29, 1.82) is 0 Å².